The molecule has 0 aliphatic carbocycles. The monoisotopic (exact) mass is 490 g/mol. The van der Waals surface area contributed by atoms with Crippen molar-refractivity contribution >= 4 is 29.0 Å². The number of halogens is 5. The Kier molecular flexibility index (Phi) is 5.96. The molecule has 3 aromatic heterocycles. The number of benzene rings is 1. The van der Waals surface area contributed by atoms with Gasteiger partial charge in [-0.3, -0.25) is 4.98 Å². The van der Waals surface area contributed by atoms with Gasteiger partial charge in [-0.05, 0) is 37.3 Å². The summed E-state index contributed by atoms with van der Waals surface area (Å²) >= 11 is 5.80. The lowest BCUT2D eigenvalue weighted by Gasteiger charge is -2.13. The highest BCUT2D eigenvalue weighted by Crippen LogP contribution is 2.31. The van der Waals surface area contributed by atoms with Crippen LogP contribution in [0.3, 0.4) is 0 Å². The molecule has 0 spiro atoms. The van der Waals surface area contributed by atoms with E-state index >= 15 is 0 Å². The first-order chi connectivity index (χ1) is 16.0. The van der Waals surface area contributed by atoms with E-state index in [9.17, 15) is 22.7 Å². The Labute approximate surface area is 195 Å². The van der Waals surface area contributed by atoms with Crippen LogP contribution in [0.25, 0.3) is 22.7 Å². The van der Waals surface area contributed by atoms with E-state index in [2.05, 4.69) is 31.9 Å². The molecule has 0 aliphatic rings. The number of aryl methyl sites for hydroxylation is 1. The highest BCUT2D eigenvalue weighted by molar-refractivity contribution is 6.31. The molecule has 7 nitrogen and oxygen atoms in total. The number of hydrogen-bond acceptors (Lipinski definition) is 6. The fourth-order valence-electron chi connectivity index (χ4n) is 3.08. The van der Waals surface area contributed by atoms with Crippen molar-refractivity contribution in [2.24, 2.45) is 0 Å². The van der Waals surface area contributed by atoms with E-state index in [4.69, 9.17) is 11.6 Å². The molecule has 0 aliphatic heterocycles. The van der Waals surface area contributed by atoms with Gasteiger partial charge in [-0.2, -0.15) is 23.3 Å². The van der Waals surface area contributed by atoms with Crippen LogP contribution in [0.15, 0.2) is 55.5 Å². The van der Waals surface area contributed by atoms with Crippen LogP contribution in [-0.4, -0.2) is 29.8 Å². The summed E-state index contributed by atoms with van der Waals surface area (Å²) in [4.78, 5) is 12.7. The molecule has 174 valence electrons. The van der Waals surface area contributed by atoms with Crippen LogP contribution in [-0.2, 0) is 6.18 Å². The Morgan fingerprint density at radius 2 is 1.91 bits per heavy atom. The molecule has 4 aromatic rings. The molecule has 0 radical (unpaired) electrons. The molecular weight excluding hydrogens is 476 g/mol. The number of aromatic nitrogens is 5. The highest BCUT2D eigenvalue weighted by atomic mass is 35.5. The Morgan fingerprint density at radius 1 is 1.15 bits per heavy atom. The van der Waals surface area contributed by atoms with Crippen molar-refractivity contribution in [2.45, 2.75) is 13.1 Å². The average molecular weight is 491 g/mol. The molecular formula is C22H15ClF4N6O. The van der Waals surface area contributed by atoms with E-state index < -0.39 is 17.7 Å². The third kappa shape index (κ3) is 4.69. The van der Waals surface area contributed by atoms with Crippen LogP contribution < -0.4 is 5.32 Å². The van der Waals surface area contributed by atoms with E-state index in [0.717, 1.165) is 23.0 Å². The normalized spacial score (nSPS) is 11.5. The summed E-state index contributed by atoms with van der Waals surface area (Å²) in [5.41, 5.74) is 0.799. The molecule has 0 fully saturated rings. The van der Waals surface area contributed by atoms with Crippen LogP contribution in [0.5, 0.6) is 0 Å². The van der Waals surface area contributed by atoms with Gasteiger partial charge in [0.2, 0.25) is 5.95 Å². The summed E-state index contributed by atoms with van der Waals surface area (Å²) in [7, 11) is 0. The Hall–Kier alpha value is -3.99. The van der Waals surface area contributed by atoms with Gasteiger partial charge in [0.15, 0.2) is 11.5 Å². The number of aliphatic hydroxyl groups is 1. The number of hydrogen-bond donors (Lipinski definition) is 2. The minimum atomic E-state index is -4.66. The molecule has 0 saturated heterocycles. The predicted octanol–water partition coefficient (Wildman–Crippen LogP) is 6.12. The second-order valence-corrected chi connectivity index (χ2v) is 7.54. The number of rotatable bonds is 5. The van der Waals surface area contributed by atoms with Crippen LogP contribution in [0.2, 0.25) is 5.02 Å². The Balaban J connectivity index is 1.84. The van der Waals surface area contributed by atoms with Gasteiger partial charge in [-0.25, -0.2) is 14.1 Å². The van der Waals surface area contributed by atoms with Crippen LogP contribution >= 0.6 is 11.6 Å². The van der Waals surface area contributed by atoms with Gasteiger partial charge >= 0.3 is 6.18 Å². The summed E-state index contributed by atoms with van der Waals surface area (Å²) in [5, 5.41) is 16.1. The topological polar surface area (TPSA) is 88.8 Å². The third-order valence-electron chi connectivity index (χ3n) is 4.75. The number of nitrogens with zero attached hydrogens (tertiary/aromatic N) is 5. The molecule has 34 heavy (non-hydrogen) atoms. The van der Waals surface area contributed by atoms with Crippen molar-refractivity contribution in [3.63, 3.8) is 0 Å². The molecule has 4 rings (SSSR count). The number of alkyl halides is 3. The molecule has 3 heterocycles. The molecule has 1 aromatic carbocycles. The molecule has 0 bridgehead atoms. The number of aliphatic hydroxyl groups excluding tert-OH is 1. The number of nitrogens with one attached hydrogen (secondary N) is 1. The van der Waals surface area contributed by atoms with E-state index in [-0.39, 0.29) is 28.1 Å². The summed E-state index contributed by atoms with van der Waals surface area (Å²) in [6, 6.07) is 6.23. The Bertz CT molecular complexity index is 1400. The second-order valence-electron chi connectivity index (χ2n) is 7.13. The zero-order valence-electron chi connectivity index (χ0n) is 17.4. The minimum Gasteiger partial charge on any atom is -0.508 e. The maximum atomic E-state index is 13.5. The zero-order valence-corrected chi connectivity index (χ0v) is 18.2. The van der Waals surface area contributed by atoms with Gasteiger partial charge < -0.3 is 10.4 Å². The fourth-order valence-corrected chi connectivity index (χ4v) is 3.26. The Morgan fingerprint density at radius 3 is 2.56 bits per heavy atom. The first-order valence-electron chi connectivity index (χ1n) is 9.60. The summed E-state index contributed by atoms with van der Waals surface area (Å²) in [6.45, 7) is 5.17. The maximum absolute atomic E-state index is 13.5. The van der Waals surface area contributed by atoms with Crippen LogP contribution in [0.4, 0.5) is 29.2 Å². The van der Waals surface area contributed by atoms with E-state index in [1.54, 1.807) is 13.0 Å². The second kappa shape index (κ2) is 8.75. The standard InChI is InChI=1S/C22H15ClF4N6O/c1-11-15(12(2)34)7-13(9-28-11)16-10-29-21(30-14-3-4-18(24)17(23)8-14)31-20(16)33-6-5-19(32-33)22(25,26)27/h3-10,34H,2H2,1H3,(H,29,30,31). The highest BCUT2D eigenvalue weighted by Gasteiger charge is 2.34. The van der Waals surface area contributed by atoms with E-state index in [0.29, 0.717) is 22.5 Å². The van der Waals surface area contributed by atoms with Gasteiger partial charge in [0.05, 0.1) is 5.02 Å². The molecule has 0 saturated carbocycles. The van der Waals surface area contributed by atoms with Crippen molar-refractivity contribution in [3.8, 4) is 16.9 Å². The molecule has 12 heteroatoms. The lowest BCUT2D eigenvalue weighted by atomic mass is 10.1. The minimum absolute atomic E-state index is 0.00126. The predicted molar refractivity (Wildman–Crippen MR) is 118 cm³/mol. The quantitative estimate of drug-likeness (QED) is 0.259. The molecule has 2 N–H and O–H groups in total. The largest absolute Gasteiger partial charge is 0.508 e. The van der Waals surface area contributed by atoms with E-state index in [1.165, 1.54) is 24.5 Å². The maximum Gasteiger partial charge on any atom is 0.435 e. The lowest BCUT2D eigenvalue weighted by Crippen LogP contribution is -2.10. The van der Waals surface area contributed by atoms with Crippen molar-refractivity contribution < 1.29 is 22.7 Å². The lowest BCUT2D eigenvalue weighted by molar-refractivity contribution is -0.141. The SMILES string of the molecule is C=C(O)c1cc(-c2cnc(Nc3ccc(F)c(Cl)c3)nc2-n2ccc(C(F)(F)F)n2)cnc1C. The van der Waals surface area contributed by atoms with Gasteiger partial charge in [-0.1, -0.05) is 18.2 Å². The van der Waals surface area contributed by atoms with Gasteiger partial charge in [0.25, 0.3) is 0 Å². The molecule has 0 amide bonds. The number of pyridine rings is 1. The van der Waals surface area contributed by atoms with Gasteiger partial charge in [0.1, 0.15) is 11.6 Å². The van der Waals surface area contributed by atoms with Crippen LogP contribution in [0, 0.1) is 12.7 Å². The van der Waals surface area contributed by atoms with Gasteiger partial charge in [0, 0.05) is 46.7 Å². The summed E-state index contributed by atoms with van der Waals surface area (Å²) in [6.07, 6.45) is -0.718. The van der Waals surface area contributed by atoms with Crippen molar-refractivity contribution in [3.05, 3.63) is 83.3 Å². The number of anilines is 2. The van der Waals surface area contributed by atoms with Gasteiger partial charge in [-0.15, -0.1) is 0 Å². The fraction of sp³-hybridized carbons (Fsp3) is 0.0909. The smallest absolute Gasteiger partial charge is 0.435 e. The summed E-state index contributed by atoms with van der Waals surface area (Å²) < 4.78 is 53.9. The zero-order chi connectivity index (χ0) is 24.6. The average Bonchev–Trinajstić information content (AvgIpc) is 3.27. The van der Waals surface area contributed by atoms with Crippen molar-refractivity contribution in [2.75, 3.05) is 5.32 Å². The van der Waals surface area contributed by atoms with Crippen molar-refractivity contribution in [1.82, 2.24) is 24.7 Å². The van der Waals surface area contributed by atoms with Crippen LogP contribution in [0.1, 0.15) is 17.0 Å². The van der Waals surface area contributed by atoms with E-state index in [1.807, 2.05) is 0 Å². The first kappa shape index (κ1) is 23.2. The third-order valence-corrected chi connectivity index (χ3v) is 5.04. The van der Waals surface area contributed by atoms with Crippen molar-refractivity contribution in [1.29, 1.82) is 0 Å². The first-order valence-corrected chi connectivity index (χ1v) is 9.98. The molecule has 0 unspecified atom stereocenters. The molecule has 0 atom stereocenters. The summed E-state index contributed by atoms with van der Waals surface area (Å²) in [5.74, 6) is -0.841.